The molecular formula is C11H11F3N4O3S. The highest BCUT2D eigenvalue weighted by Crippen LogP contribution is 2.29. The molecule has 1 heterocycles. The average molecular weight is 336 g/mol. The minimum absolute atomic E-state index is 0.157. The fraction of sp³-hybridized carbons (Fsp3) is 0.273. The number of hydrogen-bond acceptors (Lipinski definition) is 5. The van der Waals surface area contributed by atoms with E-state index in [0.717, 1.165) is 4.31 Å². The number of alkyl halides is 3. The van der Waals surface area contributed by atoms with Gasteiger partial charge in [0.15, 0.2) is 0 Å². The third-order valence-corrected chi connectivity index (χ3v) is 3.97. The van der Waals surface area contributed by atoms with Gasteiger partial charge < -0.3 is 4.52 Å². The van der Waals surface area contributed by atoms with Crippen molar-refractivity contribution in [1.29, 1.82) is 0 Å². The zero-order valence-corrected chi connectivity index (χ0v) is 12.2. The van der Waals surface area contributed by atoms with Crippen LogP contribution in [0.15, 0.2) is 28.8 Å². The number of benzene rings is 1. The summed E-state index contributed by atoms with van der Waals surface area (Å²) in [6.07, 6.45) is -4.74. The maximum absolute atomic E-state index is 12.4. The van der Waals surface area contributed by atoms with Gasteiger partial charge >= 0.3 is 22.3 Å². The first kappa shape index (κ1) is 16.2. The van der Waals surface area contributed by atoms with E-state index in [1.54, 1.807) is 0 Å². The number of aromatic nitrogens is 2. The lowest BCUT2D eigenvalue weighted by Gasteiger charge is -2.13. The van der Waals surface area contributed by atoms with Gasteiger partial charge in [-0.3, -0.25) is 4.72 Å². The second-order valence-electron chi connectivity index (χ2n) is 4.39. The fourth-order valence-corrected chi connectivity index (χ4v) is 2.03. The molecule has 0 saturated heterocycles. The number of halogens is 3. The van der Waals surface area contributed by atoms with Crippen LogP contribution in [0.5, 0.6) is 0 Å². The maximum atomic E-state index is 12.4. The van der Waals surface area contributed by atoms with Gasteiger partial charge in [-0.15, -0.1) is 0 Å². The average Bonchev–Trinajstić information content (AvgIpc) is 2.87. The van der Waals surface area contributed by atoms with E-state index in [1.165, 1.54) is 38.4 Å². The number of nitrogens with one attached hydrogen (secondary N) is 1. The van der Waals surface area contributed by atoms with Crippen LogP contribution in [0.25, 0.3) is 11.4 Å². The molecule has 1 aromatic carbocycles. The molecule has 0 aliphatic heterocycles. The summed E-state index contributed by atoms with van der Waals surface area (Å²) in [6.45, 7) is 0. The summed E-state index contributed by atoms with van der Waals surface area (Å²) >= 11 is 0. The topological polar surface area (TPSA) is 88.3 Å². The number of anilines is 1. The second-order valence-corrected chi connectivity index (χ2v) is 6.28. The van der Waals surface area contributed by atoms with E-state index in [-0.39, 0.29) is 17.1 Å². The SMILES string of the molecule is CN(C)S(=O)(=O)Nc1cccc(-c2noc(C(F)(F)F)n2)c1. The van der Waals surface area contributed by atoms with Gasteiger partial charge in [-0.05, 0) is 12.1 Å². The van der Waals surface area contributed by atoms with E-state index in [1.807, 2.05) is 0 Å². The maximum Gasteiger partial charge on any atom is 0.471 e. The minimum atomic E-state index is -4.74. The van der Waals surface area contributed by atoms with Crippen LogP contribution < -0.4 is 4.72 Å². The first-order valence-electron chi connectivity index (χ1n) is 5.81. The van der Waals surface area contributed by atoms with Crippen molar-refractivity contribution >= 4 is 15.9 Å². The molecule has 0 spiro atoms. The smallest absolute Gasteiger partial charge is 0.329 e. The van der Waals surface area contributed by atoms with E-state index in [2.05, 4.69) is 19.4 Å². The Balaban J connectivity index is 2.31. The van der Waals surface area contributed by atoms with Crippen molar-refractivity contribution in [2.24, 2.45) is 0 Å². The molecule has 0 saturated carbocycles. The molecule has 22 heavy (non-hydrogen) atoms. The van der Waals surface area contributed by atoms with E-state index >= 15 is 0 Å². The molecule has 120 valence electrons. The monoisotopic (exact) mass is 336 g/mol. The Bertz CT molecular complexity index is 771. The molecule has 0 unspecified atom stereocenters. The highest BCUT2D eigenvalue weighted by atomic mass is 32.2. The summed E-state index contributed by atoms with van der Waals surface area (Å²) in [5.74, 6) is -1.76. The molecule has 0 radical (unpaired) electrons. The van der Waals surface area contributed by atoms with Crippen LogP contribution in [0, 0.1) is 0 Å². The summed E-state index contributed by atoms with van der Waals surface area (Å²) in [4.78, 5) is 3.23. The van der Waals surface area contributed by atoms with Crippen molar-refractivity contribution in [3.8, 4) is 11.4 Å². The lowest BCUT2D eigenvalue weighted by atomic mass is 10.2. The number of rotatable bonds is 4. The van der Waals surface area contributed by atoms with Crippen LogP contribution in [0.4, 0.5) is 18.9 Å². The van der Waals surface area contributed by atoms with Crippen molar-refractivity contribution in [1.82, 2.24) is 14.4 Å². The van der Waals surface area contributed by atoms with Crippen LogP contribution in [0.3, 0.4) is 0 Å². The fourth-order valence-electron chi connectivity index (χ4n) is 1.42. The Labute approximate surface area is 123 Å². The predicted molar refractivity (Wildman–Crippen MR) is 71.0 cm³/mol. The summed E-state index contributed by atoms with van der Waals surface area (Å²) in [7, 11) is -1.06. The van der Waals surface area contributed by atoms with Crippen molar-refractivity contribution in [3.05, 3.63) is 30.2 Å². The van der Waals surface area contributed by atoms with Crippen LogP contribution >= 0.6 is 0 Å². The molecular weight excluding hydrogens is 325 g/mol. The first-order chi connectivity index (χ1) is 10.1. The van der Waals surface area contributed by atoms with Crippen LogP contribution in [-0.2, 0) is 16.4 Å². The highest BCUT2D eigenvalue weighted by molar-refractivity contribution is 7.90. The molecule has 11 heteroatoms. The Kier molecular flexibility index (Phi) is 4.11. The Morgan fingerprint density at radius 2 is 1.95 bits per heavy atom. The van der Waals surface area contributed by atoms with Gasteiger partial charge in [0.2, 0.25) is 5.82 Å². The molecule has 2 rings (SSSR count). The molecule has 0 amide bonds. The first-order valence-corrected chi connectivity index (χ1v) is 7.25. The molecule has 7 nitrogen and oxygen atoms in total. The van der Waals surface area contributed by atoms with Crippen molar-refractivity contribution in [2.45, 2.75) is 6.18 Å². The number of nitrogens with zero attached hydrogens (tertiary/aromatic N) is 3. The molecule has 0 aliphatic carbocycles. The van der Waals surface area contributed by atoms with E-state index < -0.39 is 22.3 Å². The largest absolute Gasteiger partial charge is 0.471 e. The van der Waals surface area contributed by atoms with E-state index in [4.69, 9.17) is 0 Å². The van der Waals surface area contributed by atoms with Crippen LogP contribution in [-0.4, -0.2) is 37.0 Å². The zero-order chi connectivity index (χ0) is 16.5. The van der Waals surface area contributed by atoms with Crippen LogP contribution in [0.2, 0.25) is 0 Å². The molecule has 0 bridgehead atoms. The third-order valence-electron chi connectivity index (χ3n) is 2.52. The Hall–Kier alpha value is -2.14. The summed E-state index contributed by atoms with van der Waals surface area (Å²) in [5, 5.41) is 3.23. The van der Waals surface area contributed by atoms with Crippen molar-refractivity contribution < 1.29 is 26.1 Å². The van der Waals surface area contributed by atoms with Gasteiger partial charge in [-0.1, -0.05) is 17.3 Å². The van der Waals surface area contributed by atoms with Gasteiger partial charge in [-0.2, -0.15) is 30.9 Å². The van der Waals surface area contributed by atoms with Gasteiger partial charge in [0.1, 0.15) is 0 Å². The second kappa shape index (κ2) is 5.57. The Morgan fingerprint density at radius 3 is 2.50 bits per heavy atom. The van der Waals surface area contributed by atoms with E-state index in [9.17, 15) is 21.6 Å². The normalized spacial score (nSPS) is 12.6. The van der Waals surface area contributed by atoms with Gasteiger partial charge in [0.25, 0.3) is 0 Å². The minimum Gasteiger partial charge on any atom is -0.329 e. The van der Waals surface area contributed by atoms with Gasteiger partial charge in [0.05, 0.1) is 5.69 Å². The number of hydrogen-bond donors (Lipinski definition) is 1. The third kappa shape index (κ3) is 3.54. The van der Waals surface area contributed by atoms with Crippen molar-refractivity contribution in [2.75, 3.05) is 18.8 Å². The van der Waals surface area contributed by atoms with E-state index in [0.29, 0.717) is 0 Å². The van der Waals surface area contributed by atoms with Crippen molar-refractivity contribution in [3.63, 3.8) is 0 Å². The quantitative estimate of drug-likeness (QED) is 0.922. The van der Waals surface area contributed by atoms with Crippen LogP contribution in [0.1, 0.15) is 5.89 Å². The summed E-state index contributed by atoms with van der Waals surface area (Å²) in [6, 6.07) is 5.62. The molecule has 1 aromatic heterocycles. The molecule has 1 N–H and O–H groups in total. The molecule has 0 fully saturated rings. The molecule has 0 atom stereocenters. The molecule has 0 aliphatic rings. The standard InChI is InChI=1S/C11H11F3N4O3S/c1-18(2)22(19,20)17-8-5-3-4-7(6-8)9-15-10(21-16-9)11(12,13)14/h3-6,17H,1-2H3. The van der Waals surface area contributed by atoms with Gasteiger partial charge in [-0.25, -0.2) is 0 Å². The lowest BCUT2D eigenvalue weighted by molar-refractivity contribution is -0.159. The zero-order valence-electron chi connectivity index (χ0n) is 11.4. The summed E-state index contributed by atoms with van der Waals surface area (Å²) in [5.41, 5.74) is 0.336. The molecule has 2 aromatic rings. The highest BCUT2D eigenvalue weighted by Gasteiger charge is 2.38. The lowest BCUT2D eigenvalue weighted by Crippen LogP contribution is -2.28. The predicted octanol–water partition coefficient (Wildman–Crippen LogP) is 1.97. The summed E-state index contributed by atoms with van der Waals surface area (Å²) < 4.78 is 68.0. The van der Waals surface area contributed by atoms with Gasteiger partial charge in [0, 0.05) is 19.7 Å². The Morgan fingerprint density at radius 1 is 1.27 bits per heavy atom.